The van der Waals surface area contributed by atoms with Crippen LogP contribution >= 0.6 is 0 Å². The van der Waals surface area contributed by atoms with Crippen LogP contribution in [0.1, 0.15) is 0 Å². The summed E-state index contributed by atoms with van der Waals surface area (Å²) in [5.74, 6) is 1.67. The Morgan fingerprint density at radius 1 is 1.00 bits per heavy atom. The van der Waals surface area contributed by atoms with Crippen molar-refractivity contribution in [3.63, 3.8) is 0 Å². The van der Waals surface area contributed by atoms with E-state index in [0.717, 1.165) is 11.1 Å². The number of ether oxygens (including phenoxy) is 1. The van der Waals surface area contributed by atoms with Gasteiger partial charge < -0.3 is 15.0 Å². The molecule has 0 unspecified atom stereocenters. The maximum Gasteiger partial charge on any atom is 0.262 e. The third kappa shape index (κ3) is 2.93. The second-order valence-electron chi connectivity index (χ2n) is 4.42. The molecule has 3 rings (SSSR count). The number of hydrogen-bond acceptors (Lipinski definition) is 5. The van der Waals surface area contributed by atoms with Gasteiger partial charge in [-0.15, -0.1) is 0 Å². The van der Waals surface area contributed by atoms with Gasteiger partial charge in [0.05, 0.1) is 5.56 Å². The molecule has 0 fully saturated rings. The third-order valence-corrected chi connectivity index (χ3v) is 2.95. The fourth-order valence-corrected chi connectivity index (χ4v) is 1.98. The van der Waals surface area contributed by atoms with E-state index >= 15 is 0 Å². The molecule has 21 heavy (non-hydrogen) atoms. The van der Waals surface area contributed by atoms with E-state index in [1.54, 1.807) is 0 Å². The maximum absolute atomic E-state index is 5.60. The van der Waals surface area contributed by atoms with Crippen LogP contribution in [0.4, 0.5) is 0 Å². The van der Waals surface area contributed by atoms with Gasteiger partial charge in [0, 0.05) is 12.1 Å². The van der Waals surface area contributed by atoms with Crippen LogP contribution in [0.25, 0.3) is 22.8 Å². The second-order valence-corrected chi connectivity index (χ2v) is 4.42. The van der Waals surface area contributed by atoms with Gasteiger partial charge in [0.15, 0.2) is 0 Å². The number of benzene rings is 2. The number of nitrogens with two attached hydrogens (primary N) is 1. The first-order valence-corrected chi connectivity index (χ1v) is 6.70. The Morgan fingerprint density at radius 3 is 2.57 bits per heavy atom. The van der Waals surface area contributed by atoms with Crippen molar-refractivity contribution in [3.8, 4) is 28.6 Å². The molecule has 0 radical (unpaired) electrons. The number of nitrogens with zero attached hydrogens (tertiary/aromatic N) is 2. The summed E-state index contributed by atoms with van der Waals surface area (Å²) in [6.45, 7) is 0.893. The van der Waals surface area contributed by atoms with Gasteiger partial charge in [0.2, 0.25) is 5.82 Å². The summed E-state index contributed by atoms with van der Waals surface area (Å²) in [4.78, 5) is 4.43. The van der Waals surface area contributed by atoms with E-state index in [-0.39, 0.29) is 0 Å². The Morgan fingerprint density at radius 2 is 1.76 bits per heavy atom. The van der Waals surface area contributed by atoms with Gasteiger partial charge in [-0.05, 0) is 12.1 Å². The number of rotatable bonds is 5. The molecule has 5 nitrogen and oxygen atoms in total. The van der Waals surface area contributed by atoms with Gasteiger partial charge in [0.1, 0.15) is 12.4 Å². The van der Waals surface area contributed by atoms with Crippen LogP contribution < -0.4 is 10.5 Å². The van der Waals surface area contributed by atoms with Crippen LogP contribution in [0.2, 0.25) is 0 Å². The molecule has 0 spiro atoms. The van der Waals surface area contributed by atoms with Crippen molar-refractivity contribution in [2.75, 3.05) is 13.2 Å². The standard InChI is InChI=1S/C16H15N3O2/c17-10-11-20-14-9-5-4-8-13(14)16-18-15(19-21-16)12-6-2-1-3-7-12/h1-9H,10-11,17H2. The summed E-state index contributed by atoms with van der Waals surface area (Å²) in [5.41, 5.74) is 7.14. The van der Waals surface area contributed by atoms with E-state index in [4.69, 9.17) is 15.0 Å². The van der Waals surface area contributed by atoms with E-state index in [9.17, 15) is 0 Å². The highest BCUT2D eigenvalue weighted by Crippen LogP contribution is 2.29. The molecule has 0 bridgehead atoms. The van der Waals surface area contributed by atoms with E-state index in [2.05, 4.69) is 10.1 Å². The monoisotopic (exact) mass is 281 g/mol. The summed E-state index contributed by atoms with van der Waals surface area (Å²) in [7, 11) is 0. The Hall–Kier alpha value is -2.66. The molecule has 0 saturated heterocycles. The first-order chi connectivity index (χ1) is 10.4. The van der Waals surface area contributed by atoms with Crippen molar-refractivity contribution < 1.29 is 9.26 Å². The smallest absolute Gasteiger partial charge is 0.262 e. The van der Waals surface area contributed by atoms with Crippen molar-refractivity contribution in [2.24, 2.45) is 5.73 Å². The molecule has 1 heterocycles. The van der Waals surface area contributed by atoms with E-state index < -0.39 is 0 Å². The molecule has 0 aliphatic rings. The fourth-order valence-electron chi connectivity index (χ4n) is 1.98. The molecule has 2 aromatic carbocycles. The van der Waals surface area contributed by atoms with E-state index in [1.807, 2.05) is 54.6 Å². The summed E-state index contributed by atoms with van der Waals surface area (Å²) >= 11 is 0. The van der Waals surface area contributed by atoms with Crippen LogP contribution in [0.5, 0.6) is 5.75 Å². The molecule has 0 saturated carbocycles. The number of para-hydroxylation sites is 1. The lowest BCUT2D eigenvalue weighted by Crippen LogP contribution is -2.10. The molecule has 0 amide bonds. The predicted molar refractivity (Wildman–Crippen MR) is 79.7 cm³/mol. The largest absolute Gasteiger partial charge is 0.491 e. The minimum absolute atomic E-state index is 0.432. The van der Waals surface area contributed by atoms with Crippen molar-refractivity contribution in [1.29, 1.82) is 0 Å². The molecule has 1 aromatic heterocycles. The highest BCUT2D eigenvalue weighted by atomic mass is 16.5. The van der Waals surface area contributed by atoms with Gasteiger partial charge in [-0.3, -0.25) is 0 Å². The molecule has 0 aliphatic carbocycles. The molecule has 2 N–H and O–H groups in total. The zero-order valence-electron chi connectivity index (χ0n) is 11.4. The van der Waals surface area contributed by atoms with Gasteiger partial charge in [-0.25, -0.2) is 0 Å². The first kappa shape index (κ1) is 13.3. The molecule has 0 atom stereocenters. The minimum Gasteiger partial charge on any atom is -0.491 e. The molecule has 0 aliphatic heterocycles. The van der Waals surface area contributed by atoms with Gasteiger partial charge >= 0.3 is 0 Å². The Kier molecular flexibility index (Phi) is 3.93. The number of aromatic nitrogens is 2. The third-order valence-electron chi connectivity index (χ3n) is 2.95. The quantitative estimate of drug-likeness (QED) is 0.778. The lowest BCUT2D eigenvalue weighted by molar-refractivity contribution is 0.327. The number of hydrogen-bond donors (Lipinski definition) is 1. The first-order valence-electron chi connectivity index (χ1n) is 6.70. The van der Waals surface area contributed by atoms with Crippen molar-refractivity contribution in [1.82, 2.24) is 10.1 Å². The molecular weight excluding hydrogens is 266 g/mol. The average Bonchev–Trinajstić information content (AvgIpc) is 3.04. The van der Waals surface area contributed by atoms with Crippen LogP contribution in [0, 0.1) is 0 Å². The van der Waals surface area contributed by atoms with Crippen molar-refractivity contribution in [2.45, 2.75) is 0 Å². The van der Waals surface area contributed by atoms with Crippen molar-refractivity contribution >= 4 is 0 Å². The van der Waals surface area contributed by atoms with Crippen LogP contribution in [0.15, 0.2) is 59.1 Å². The summed E-state index contributed by atoms with van der Waals surface area (Å²) < 4.78 is 11.0. The van der Waals surface area contributed by atoms with Crippen LogP contribution in [-0.2, 0) is 0 Å². The van der Waals surface area contributed by atoms with Crippen LogP contribution in [-0.4, -0.2) is 23.3 Å². The zero-order valence-corrected chi connectivity index (χ0v) is 11.4. The van der Waals surface area contributed by atoms with Gasteiger partial charge in [-0.1, -0.05) is 47.6 Å². The van der Waals surface area contributed by atoms with Gasteiger partial charge in [0.25, 0.3) is 5.89 Å². The Bertz CT molecular complexity index is 710. The average molecular weight is 281 g/mol. The van der Waals surface area contributed by atoms with Gasteiger partial charge in [-0.2, -0.15) is 4.98 Å². The summed E-state index contributed by atoms with van der Waals surface area (Å²) in [6.07, 6.45) is 0. The molecule has 3 aromatic rings. The fraction of sp³-hybridized carbons (Fsp3) is 0.125. The predicted octanol–water partition coefficient (Wildman–Crippen LogP) is 2.74. The second kappa shape index (κ2) is 6.19. The van der Waals surface area contributed by atoms with E-state index in [1.165, 1.54) is 0 Å². The SMILES string of the molecule is NCCOc1ccccc1-c1nc(-c2ccccc2)no1. The highest BCUT2D eigenvalue weighted by Gasteiger charge is 2.14. The normalized spacial score (nSPS) is 10.5. The Labute approximate surface area is 122 Å². The molecule has 106 valence electrons. The lowest BCUT2D eigenvalue weighted by Gasteiger charge is -2.07. The minimum atomic E-state index is 0.432. The summed E-state index contributed by atoms with van der Waals surface area (Å²) in [5, 5.41) is 4.02. The maximum atomic E-state index is 5.60. The van der Waals surface area contributed by atoms with Crippen molar-refractivity contribution in [3.05, 3.63) is 54.6 Å². The zero-order chi connectivity index (χ0) is 14.5. The molecular formula is C16H15N3O2. The highest BCUT2D eigenvalue weighted by molar-refractivity contribution is 5.65. The lowest BCUT2D eigenvalue weighted by atomic mass is 10.2. The topological polar surface area (TPSA) is 74.2 Å². The van der Waals surface area contributed by atoms with E-state index in [0.29, 0.717) is 30.6 Å². The Balaban J connectivity index is 1.93. The summed E-state index contributed by atoms with van der Waals surface area (Å²) in [6, 6.07) is 17.2. The molecule has 5 heteroatoms. The van der Waals surface area contributed by atoms with Crippen LogP contribution in [0.3, 0.4) is 0 Å².